The second-order valence-corrected chi connectivity index (χ2v) is 3.81. The van der Waals surface area contributed by atoms with Crippen molar-refractivity contribution >= 4 is 21.9 Å². The van der Waals surface area contributed by atoms with Gasteiger partial charge in [0, 0.05) is 4.47 Å². The molecular formula is C10H11BrO2. The highest BCUT2D eigenvalue weighted by Crippen LogP contribution is 2.16. The SMILES string of the molecule is CCc1cc(Br)cc(CC(=O)O)c1. The first kappa shape index (κ1) is 10.3. The maximum Gasteiger partial charge on any atom is 0.307 e. The Labute approximate surface area is 85.7 Å². The van der Waals surface area contributed by atoms with E-state index in [0.29, 0.717) is 0 Å². The van der Waals surface area contributed by atoms with Crippen molar-refractivity contribution in [2.24, 2.45) is 0 Å². The summed E-state index contributed by atoms with van der Waals surface area (Å²) >= 11 is 3.35. The number of carboxylic acid groups (broad SMARTS) is 1. The maximum absolute atomic E-state index is 10.5. The number of carbonyl (C=O) groups is 1. The van der Waals surface area contributed by atoms with Crippen molar-refractivity contribution in [2.75, 3.05) is 0 Å². The lowest BCUT2D eigenvalue weighted by Crippen LogP contribution is -2.00. The van der Waals surface area contributed by atoms with Crippen LogP contribution in [0.4, 0.5) is 0 Å². The summed E-state index contributed by atoms with van der Waals surface area (Å²) in [5.41, 5.74) is 2.00. The van der Waals surface area contributed by atoms with E-state index < -0.39 is 5.97 Å². The molecule has 0 unspecified atom stereocenters. The minimum atomic E-state index is -0.792. The summed E-state index contributed by atoms with van der Waals surface area (Å²) in [5.74, 6) is -0.792. The average molecular weight is 243 g/mol. The van der Waals surface area contributed by atoms with Crippen LogP contribution in [-0.2, 0) is 17.6 Å². The highest BCUT2D eigenvalue weighted by atomic mass is 79.9. The van der Waals surface area contributed by atoms with Gasteiger partial charge in [-0.05, 0) is 29.7 Å². The monoisotopic (exact) mass is 242 g/mol. The van der Waals surface area contributed by atoms with Crippen molar-refractivity contribution in [3.63, 3.8) is 0 Å². The van der Waals surface area contributed by atoms with Crippen molar-refractivity contribution in [2.45, 2.75) is 19.8 Å². The number of hydrogen-bond acceptors (Lipinski definition) is 1. The van der Waals surface area contributed by atoms with Crippen LogP contribution in [0.25, 0.3) is 0 Å². The first-order valence-corrected chi connectivity index (χ1v) is 4.91. The van der Waals surface area contributed by atoms with Crippen molar-refractivity contribution in [1.82, 2.24) is 0 Å². The number of carboxylic acids is 1. The molecule has 1 N–H and O–H groups in total. The topological polar surface area (TPSA) is 37.3 Å². The van der Waals surface area contributed by atoms with Gasteiger partial charge in [0.2, 0.25) is 0 Å². The molecule has 0 amide bonds. The lowest BCUT2D eigenvalue weighted by Gasteiger charge is -2.02. The molecule has 0 spiro atoms. The van der Waals surface area contributed by atoms with E-state index in [1.807, 2.05) is 25.1 Å². The van der Waals surface area contributed by atoms with Gasteiger partial charge in [-0.15, -0.1) is 0 Å². The zero-order valence-electron chi connectivity index (χ0n) is 7.38. The minimum Gasteiger partial charge on any atom is -0.481 e. The fourth-order valence-electron chi connectivity index (χ4n) is 1.20. The van der Waals surface area contributed by atoms with Crippen LogP contribution in [0.5, 0.6) is 0 Å². The summed E-state index contributed by atoms with van der Waals surface area (Å²) in [6.07, 6.45) is 1.01. The molecule has 2 nitrogen and oxygen atoms in total. The summed E-state index contributed by atoms with van der Waals surface area (Å²) in [4.78, 5) is 10.5. The molecule has 0 saturated heterocycles. The van der Waals surface area contributed by atoms with E-state index in [1.165, 1.54) is 0 Å². The Kier molecular flexibility index (Phi) is 3.48. The van der Waals surface area contributed by atoms with Crippen LogP contribution in [0.3, 0.4) is 0 Å². The third kappa shape index (κ3) is 3.19. The van der Waals surface area contributed by atoms with Crippen molar-refractivity contribution in [3.05, 3.63) is 33.8 Å². The normalized spacial score (nSPS) is 10.0. The second-order valence-electron chi connectivity index (χ2n) is 2.89. The Balaban J connectivity index is 2.94. The van der Waals surface area contributed by atoms with Gasteiger partial charge in [0.05, 0.1) is 6.42 Å². The molecule has 0 aliphatic rings. The molecule has 0 heterocycles. The highest BCUT2D eigenvalue weighted by Gasteiger charge is 2.02. The molecule has 1 aromatic carbocycles. The smallest absolute Gasteiger partial charge is 0.307 e. The molecule has 1 rings (SSSR count). The van der Waals surface area contributed by atoms with Gasteiger partial charge in [0.25, 0.3) is 0 Å². The Hall–Kier alpha value is -0.830. The third-order valence-corrected chi connectivity index (χ3v) is 2.24. The number of aryl methyl sites for hydroxylation is 1. The largest absolute Gasteiger partial charge is 0.481 e. The lowest BCUT2D eigenvalue weighted by atomic mass is 10.1. The molecule has 0 saturated carbocycles. The van der Waals surface area contributed by atoms with Gasteiger partial charge in [-0.2, -0.15) is 0 Å². The first-order chi connectivity index (χ1) is 6.11. The van der Waals surface area contributed by atoms with Crippen LogP contribution >= 0.6 is 15.9 Å². The number of hydrogen-bond donors (Lipinski definition) is 1. The van der Waals surface area contributed by atoms with E-state index in [1.54, 1.807) is 0 Å². The molecule has 0 fully saturated rings. The van der Waals surface area contributed by atoms with Crippen molar-refractivity contribution < 1.29 is 9.90 Å². The predicted molar refractivity (Wildman–Crippen MR) is 54.9 cm³/mol. The van der Waals surface area contributed by atoms with Crippen LogP contribution in [0.1, 0.15) is 18.1 Å². The van der Waals surface area contributed by atoms with Crippen LogP contribution in [0, 0.1) is 0 Å². The highest BCUT2D eigenvalue weighted by molar-refractivity contribution is 9.10. The second kappa shape index (κ2) is 4.42. The Morgan fingerprint density at radius 3 is 2.54 bits per heavy atom. The van der Waals surface area contributed by atoms with Gasteiger partial charge in [-0.1, -0.05) is 28.9 Å². The fourth-order valence-corrected chi connectivity index (χ4v) is 1.79. The predicted octanol–water partition coefficient (Wildman–Crippen LogP) is 2.64. The molecular weight excluding hydrogens is 232 g/mol. The van der Waals surface area contributed by atoms with Gasteiger partial charge >= 0.3 is 5.97 Å². The van der Waals surface area contributed by atoms with Crippen LogP contribution in [-0.4, -0.2) is 11.1 Å². The molecule has 1 aromatic rings. The van der Waals surface area contributed by atoms with E-state index in [-0.39, 0.29) is 6.42 Å². The quantitative estimate of drug-likeness (QED) is 0.885. The molecule has 0 atom stereocenters. The lowest BCUT2D eigenvalue weighted by molar-refractivity contribution is -0.136. The molecule has 70 valence electrons. The van der Waals surface area contributed by atoms with Crippen molar-refractivity contribution in [1.29, 1.82) is 0 Å². The Bertz CT molecular complexity index is 321. The number of benzene rings is 1. The van der Waals surface area contributed by atoms with Crippen LogP contribution in [0.15, 0.2) is 22.7 Å². The molecule has 0 aromatic heterocycles. The summed E-state index contributed by atoms with van der Waals surface area (Å²) in [5, 5.41) is 8.61. The zero-order valence-corrected chi connectivity index (χ0v) is 8.97. The number of aliphatic carboxylic acids is 1. The van der Waals surface area contributed by atoms with Gasteiger partial charge < -0.3 is 5.11 Å². The van der Waals surface area contributed by atoms with Crippen LogP contribution < -0.4 is 0 Å². The molecule has 0 bridgehead atoms. The summed E-state index contributed by atoms with van der Waals surface area (Å²) in [6, 6.07) is 5.78. The van der Waals surface area contributed by atoms with E-state index in [9.17, 15) is 4.79 Å². The Morgan fingerprint density at radius 2 is 2.00 bits per heavy atom. The van der Waals surface area contributed by atoms with E-state index in [4.69, 9.17) is 5.11 Å². The summed E-state index contributed by atoms with van der Waals surface area (Å²) in [7, 11) is 0. The van der Waals surface area contributed by atoms with E-state index >= 15 is 0 Å². The summed E-state index contributed by atoms with van der Waals surface area (Å²) < 4.78 is 0.947. The van der Waals surface area contributed by atoms with Crippen LogP contribution in [0.2, 0.25) is 0 Å². The molecule has 0 radical (unpaired) electrons. The molecule has 13 heavy (non-hydrogen) atoms. The third-order valence-electron chi connectivity index (χ3n) is 1.78. The van der Waals surface area contributed by atoms with E-state index in [0.717, 1.165) is 22.0 Å². The number of rotatable bonds is 3. The summed E-state index contributed by atoms with van der Waals surface area (Å²) in [6.45, 7) is 2.05. The van der Waals surface area contributed by atoms with Gasteiger partial charge in [0.1, 0.15) is 0 Å². The van der Waals surface area contributed by atoms with Gasteiger partial charge in [0.15, 0.2) is 0 Å². The molecule has 3 heteroatoms. The zero-order chi connectivity index (χ0) is 9.84. The first-order valence-electron chi connectivity index (χ1n) is 4.12. The minimum absolute atomic E-state index is 0.0897. The number of halogens is 1. The van der Waals surface area contributed by atoms with Crippen molar-refractivity contribution in [3.8, 4) is 0 Å². The standard InChI is InChI=1S/C10H11BrO2/c1-2-7-3-8(6-10(12)13)5-9(11)4-7/h3-5H,2,6H2,1H3,(H,12,13). The van der Waals surface area contributed by atoms with Gasteiger partial charge in [-0.3, -0.25) is 4.79 Å². The molecule has 0 aliphatic carbocycles. The van der Waals surface area contributed by atoms with E-state index in [2.05, 4.69) is 15.9 Å². The molecule has 0 aliphatic heterocycles. The fraction of sp³-hybridized carbons (Fsp3) is 0.300. The Morgan fingerprint density at radius 1 is 1.38 bits per heavy atom. The average Bonchev–Trinajstić information content (AvgIpc) is 2.01. The maximum atomic E-state index is 10.5. The van der Waals surface area contributed by atoms with Gasteiger partial charge in [-0.25, -0.2) is 0 Å².